The fraction of sp³-hybridized carbons (Fsp3) is 0.444. The number of hydrogen-bond acceptors (Lipinski definition) is 4. The van der Waals surface area contributed by atoms with Gasteiger partial charge in [0.15, 0.2) is 0 Å². The summed E-state index contributed by atoms with van der Waals surface area (Å²) in [5, 5.41) is 9.15. The molecule has 1 saturated heterocycles. The molecule has 1 aromatic rings. The first-order chi connectivity index (χ1) is 12.0. The molecule has 1 fully saturated rings. The molecule has 7 heteroatoms. The van der Waals surface area contributed by atoms with Crippen molar-refractivity contribution in [1.29, 1.82) is 5.26 Å². The van der Waals surface area contributed by atoms with Gasteiger partial charge < -0.3 is 4.90 Å². The number of allylic oxidation sites excluding steroid dienone is 2. The van der Waals surface area contributed by atoms with Crippen molar-refractivity contribution in [2.75, 3.05) is 26.2 Å². The Kier molecular flexibility index (Phi) is 5.21. The molecule has 1 heterocycles. The number of carbonyl (C=O) groups excluding carboxylic acids is 1. The van der Waals surface area contributed by atoms with Gasteiger partial charge in [0.2, 0.25) is 15.9 Å². The molecule has 25 heavy (non-hydrogen) atoms. The predicted octanol–water partition coefficient (Wildman–Crippen LogP) is 1.75. The van der Waals surface area contributed by atoms with Gasteiger partial charge in [-0.2, -0.15) is 9.57 Å². The molecule has 1 aromatic carbocycles. The number of hydrogen-bond donors (Lipinski definition) is 0. The van der Waals surface area contributed by atoms with Gasteiger partial charge in [-0.15, -0.1) is 0 Å². The highest BCUT2D eigenvalue weighted by Gasteiger charge is 2.33. The summed E-state index contributed by atoms with van der Waals surface area (Å²) in [6.07, 6.45) is 6.71. The molecule has 0 radical (unpaired) electrons. The number of amides is 1. The van der Waals surface area contributed by atoms with Crippen LogP contribution in [0.15, 0.2) is 41.3 Å². The smallest absolute Gasteiger partial charge is 0.244 e. The van der Waals surface area contributed by atoms with E-state index in [0.717, 1.165) is 19.3 Å². The largest absolute Gasteiger partial charge is 0.340 e. The quantitative estimate of drug-likeness (QED) is 0.770. The summed E-state index contributed by atoms with van der Waals surface area (Å²) in [6, 6.07) is 8.16. The molecule has 0 N–H and O–H groups in total. The van der Waals surface area contributed by atoms with Crippen LogP contribution in [0.25, 0.3) is 0 Å². The molecule has 6 nitrogen and oxygen atoms in total. The second-order valence-corrected chi connectivity index (χ2v) is 8.23. The molecular formula is C18H21N3O3S. The number of piperazine rings is 1. The Morgan fingerprint density at radius 2 is 1.84 bits per heavy atom. The molecule has 0 aromatic heterocycles. The molecule has 0 spiro atoms. The minimum atomic E-state index is -3.72. The van der Waals surface area contributed by atoms with Crippen molar-refractivity contribution < 1.29 is 13.2 Å². The van der Waals surface area contributed by atoms with Crippen molar-refractivity contribution in [2.45, 2.75) is 24.2 Å². The number of benzene rings is 1. The molecule has 0 unspecified atom stereocenters. The number of rotatable bonds is 3. The number of sulfonamides is 1. The van der Waals surface area contributed by atoms with Crippen molar-refractivity contribution in [3.63, 3.8) is 0 Å². The summed E-state index contributed by atoms with van der Waals surface area (Å²) >= 11 is 0. The van der Waals surface area contributed by atoms with Crippen LogP contribution in [0, 0.1) is 17.2 Å². The van der Waals surface area contributed by atoms with E-state index >= 15 is 0 Å². The van der Waals surface area contributed by atoms with Gasteiger partial charge in [0.1, 0.15) is 6.07 Å². The Balaban J connectivity index is 1.68. The fourth-order valence-electron chi connectivity index (χ4n) is 3.35. The lowest BCUT2D eigenvalue weighted by Gasteiger charge is -2.36. The molecular weight excluding hydrogens is 338 g/mol. The molecule has 1 amide bonds. The third kappa shape index (κ3) is 3.60. The zero-order valence-electron chi connectivity index (χ0n) is 14.0. The number of nitriles is 1. The zero-order valence-corrected chi connectivity index (χ0v) is 14.8. The van der Waals surface area contributed by atoms with E-state index in [-0.39, 0.29) is 35.4 Å². The molecule has 0 saturated carbocycles. The fourth-order valence-corrected chi connectivity index (χ4v) is 4.91. The van der Waals surface area contributed by atoms with Crippen LogP contribution in [0.2, 0.25) is 0 Å². The Hall–Kier alpha value is -2.17. The van der Waals surface area contributed by atoms with Gasteiger partial charge in [-0.3, -0.25) is 4.79 Å². The Morgan fingerprint density at radius 3 is 2.48 bits per heavy atom. The van der Waals surface area contributed by atoms with Crippen molar-refractivity contribution in [3.8, 4) is 6.07 Å². The average molecular weight is 359 g/mol. The lowest BCUT2D eigenvalue weighted by Crippen LogP contribution is -2.52. The van der Waals surface area contributed by atoms with Crippen LogP contribution in [-0.2, 0) is 14.8 Å². The van der Waals surface area contributed by atoms with E-state index in [4.69, 9.17) is 5.26 Å². The zero-order chi connectivity index (χ0) is 17.9. The van der Waals surface area contributed by atoms with Gasteiger partial charge >= 0.3 is 0 Å². The average Bonchev–Trinajstić information content (AvgIpc) is 2.68. The van der Waals surface area contributed by atoms with E-state index in [1.165, 1.54) is 16.4 Å². The van der Waals surface area contributed by atoms with Crippen LogP contribution in [0.4, 0.5) is 0 Å². The Morgan fingerprint density at radius 1 is 1.12 bits per heavy atom. The Labute approximate surface area is 148 Å². The lowest BCUT2D eigenvalue weighted by atomic mass is 9.93. The first-order valence-corrected chi connectivity index (χ1v) is 9.91. The van der Waals surface area contributed by atoms with Gasteiger partial charge in [-0.1, -0.05) is 24.3 Å². The minimum Gasteiger partial charge on any atom is -0.340 e. The topological polar surface area (TPSA) is 81.5 Å². The predicted molar refractivity (Wildman–Crippen MR) is 93.0 cm³/mol. The van der Waals surface area contributed by atoms with Crippen LogP contribution >= 0.6 is 0 Å². The molecule has 1 aliphatic carbocycles. The molecule has 2 aliphatic rings. The highest BCUT2D eigenvalue weighted by atomic mass is 32.2. The molecule has 3 rings (SSSR count). The maximum atomic E-state index is 12.8. The van der Waals surface area contributed by atoms with Crippen molar-refractivity contribution >= 4 is 15.9 Å². The van der Waals surface area contributed by atoms with Crippen LogP contribution in [0.5, 0.6) is 0 Å². The van der Waals surface area contributed by atoms with E-state index in [1.54, 1.807) is 17.0 Å². The number of nitrogens with zero attached hydrogens (tertiary/aromatic N) is 3. The van der Waals surface area contributed by atoms with Crippen LogP contribution in [0.1, 0.15) is 24.8 Å². The summed E-state index contributed by atoms with van der Waals surface area (Å²) in [6.45, 7) is 1.31. The third-order valence-corrected chi connectivity index (χ3v) is 6.75. The maximum absolute atomic E-state index is 12.8. The molecule has 1 atom stereocenters. The van der Waals surface area contributed by atoms with Crippen LogP contribution < -0.4 is 0 Å². The minimum absolute atomic E-state index is 0.0208. The first-order valence-electron chi connectivity index (χ1n) is 8.47. The van der Waals surface area contributed by atoms with Crippen molar-refractivity contribution in [1.82, 2.24) is 9.21 Å². The lowest BCUT2D eigenvalue weighted by molar-refractivity contribution is -0.137. The van der Waals surface area contributed by atoms with Crippen LogP contribution in [-0.4, -0.2) is 49.7 Å². The summed E-state index contributed by atoms with van der Waals surface area (Å²) in [4.78, 5) is 14.4. The molecule has 132 valence electrons. The highest BCUT2D eigenvalue weighted by molar-refractivity contribution is 7.89. The van der Waals surface area contributed by atoms with E-state index in [0.29, 0.717) is 13.1 Å². The number of carbonyl (C=O) groups is 1. The van der Waals surface area contributed by atoms with Crippen LogP contribution in [0.3, 0.4) is 0 Å². The highest BCUT2D eigenvalue weighted by Crippen LogP contribution is 2.24. The summed E-state index contributed by atoms with van der Waals surface area (Å²) in [5.41, 5.74) is 0.148. The summed E-state index contributed by atoms with van der Waals surface area (Å²) < 4.78 is 27.0. The van der Waals surface area contributed by atoms with Gasteiger partial charge in [-0.05, 0) is 31.4 Å². The third-order valence-electron chi connectivity index (χ3n) is 4.79. The van der Waals surface area contributed by atoms with Gasteiger partial charge in [0.05, 0.1) is 10.5 Å². The normalized spacial score (nSPS) is 21.7. The molecule has 0 bridgehead atoms. The van der Waals surface area contributed by atoms with Crippen molar-refractivity contribution in [2.24, 2.45) is 5.92 Å². The summed E-state index contributed by atoms with van der Waals surface area (Å²) in [5.74, 6) is 0.145. The SMILES string of the molecule is N#Cc1ccccc1S(=O)(=O)N1CCN(C(=O)[C@H]2CC=CCC2)CC1. The van der Waals surface area contributed by atoms with E-state index in [1.807, 2.05) is 12.1 Å². The maximum Gasteiger partial charge on any atom is 0.244 e. The second kappa shape index (κ2) is 7.38. The second-order valence-electron chi connectivity index (χ2n) is 6.32. The monoisotopic (exact) mass is 359 g/mol. The summed E-state index contributed by atoms with van der Waals surface area (Å²) in [7, 11) is -3.72. The standard InChI is InChI=1S/C18H21N3O3S/c19-14-16-8-4-5-9-17(16)25(23,24)21-12-10-20(11-13-21)18(22)15-6-2-1-3-7-15/h1-2,4-5,8-9,15H,3,6-7,10-13H2/t15-/m0/s1. The molecule has 1 aliphatic heterocycles. The van der Waals surface area contributed by atoms with Gasteiger partial charge in [-0.25, -0.2) is 8.42 Å². The van der Waals surface area contributed by atoms with E-state index in [9.17, 15) is 13.2 Å². The first kappa shape index (κ1) is 17.6. The van der Waals surface area contributed by atoms with E-state index < -0.39 is 10.0 Å². The Bertz CT molecular complexity index is 818. The van der Waals surface area contributed by atoms with Gasteiger partial charge in [0.25, 0.3) is 0 Å². The van der Waals surface area contributed by atoms with Crippen molar-refractivity contribution in [3.05, 3.63) is 42.0 Å². The van der Waals surface area contributed by atoms with E-state index in [2.05, 4.69) is 6.08 Å². The van der Waals surface area contributed by atoms with Gasteiger partial charge in [0, 0.05) is 32.1 Å².